The number of hydrogen-bond acceptors (Lipinski definition) is 5. The van der Waals surface area contributed by atoms with Crippen molar-refractivity contribution in [1.29, 1.82) is 0 Å². The molecule has 0 radical (unpaired) electrons. The number of amides is 1. The van der Waals surface area contributed by atoms with Crippen LogP contribution in [0, 0.1) is 24.0 Å². The number of halogens is 1. The Hall–Kier alpha value is -2.52. The number of carbonyl (C=O) groups excluding carboxylic acids is 1. The van der Waals surface area contributed by atoms with Crippen LogP contribution < -0.4 is 0 Å². The third-order valence-electron chi connectivity index (χ3n) is 4.43. The molecule has 0 bridgehead atoms. The van der Waals surface area contributed by atoms with E-state index in [4.69, 9.17) is 0 Å². The molecule has 3 rings (SSSR count). The fraction of sp³-hybridized carbons (Fsp3) is 0.263. The maximum Gasteiger partial charge on any atom is 0.312 e. The largest absolute Gasteiger partial charge is 0.337 e. The summed E-state index contributed by atoms with van der Waals surface area (Å²) in [6.45, 7) is 4.28. The predicted octanol–water partition coefficient (Wildman–Crippen LogP) is 4.55. The van der Waals surface area contributed by atoms with Crippen LogP contribution in [0.4, 0.5) is 5.69 Å². The molecule has 2 heterocycles. The highest BCUT2D eigenvalue weighted by Crippen LogP contribution is 2.24. The highest BCUT2D eigenvalue weighted by Gasteiger charge is 2.21. The second-order valence-corrected chi connectivity index (χ2v) is 9.05. The summed E-state index contributed by atoms with van der Waals surface area (Å²) in [6.07, 6.45) is 0. The van der Waals surface area contributed by atoms with Crippen molar-refractivity contribution in [3.8, 4) is 0 Å². The van der Waals surface area contributed by atoms with E-state index in [9.17, 15) is 14.9 Å². The Bertz CT molecular complexity index is 1030. The Morgan fingerprint density at radius 1 is 1.25 bits per heavy atom. The van der Waals surface area contributed by atoms with Gasteiger partial charge in [0.15, 0.2) is 0 Å². The first-order chi connectivity index (χ1) is 13.3. The SMILES string of the molecule is Cc1nn(Cc2ccc(C(=O)N(C)Cc3ccc(Br)s3)cc2)c(C)c1[N+](=O)[O-]. The molecule has 0 atom stereocenters. The summed E-state index contributed by atoms with van der Waals surface area (Å²) in [5.41, 5.74) is 2.48. The Morgan fingerprint density at radius 2 is 1.93 bits per heavy atom. The lowest BCUT2D eigenvalue weighted by Gasteiger charge is -2.16. The predicted molar refractivity (Wildman–Crippen MR) is 112 cm³/mol. The van der Waals surface area contributed by atoms with Crippen LogP contribution in [0.2, 0.25) is 0 Å². The van der Waals surface area contributed by atoms with Gasteiger partial charge in [0.1, 0.15) is 11.4 Å². The maximum absolute atomic E-state index is 12.6. The molecule has 0 saturated carbocycles. The van der Waals surface area contributed by atoms with E-state index in [1.165, 1.54) is 0 Å². The zero-order valence-corrected chi connectivity index (χ0v) is 18.1. The van der Waals surface area contributed by atoms with Gasteiger partial charge >= 0.3 is 5.69 Å². The molecule has 3 aromatic rings. The average molecular weight is 463 g/mol. The lowest BCUT2D eigenvalue weighted by atomic mass is 10.1. The minimum absolute atomic E-state index is 0.0497. The quantitative estimate of drug-likeness (QED) is 0.397. The van der Waals surface area contributed by atoms with Crippen LogP contribution in [0.15, 0.2) is 40.2 Å². The molecule has 0 aliphatic heterocycles. The van der Waals surface area contributed by atoms with Crippen LogP contribution in [0.3, 0.4) is 0 Å². The summed E-state index contributed by atoms with van der Waals surface area (Å²) >= 11 is 5.03. The lowest BCUT2D eigenvalue weighted by molar-refractivity contribution is -0.386. The molecule has 0 aliphatic carbocycles. The number of carbonyl (C=O) groups is 1. The number of aromatic nitrogens is 2. The van der Waals surface area contributed by atoms with Gasteiger partial charge in [-0.05, 0) is 59.6 Å². The topological polar surface area (TPSA) is 81.3 Å². The molecule has 0 fully saturated rings. The second-order valence-electron chi connectivity index (χ2n) is 6.50. The van der Waals surface area contributed by atoms with Gasteiger partial charge in [-0.2, -0.15) is 5.10 Å². The molecular formula is C19H19BrN4O3S. The van der Waals surface area contributed by atoms with Crippen molar-refractivity contribution in [3.63, 3.8) is 0 Å². The Balaban J connectivity index is 1.70. The normalized spacial score (nSPS) is 10.9. The lowest BCUT2D eigenvalue weighted by Crippen LogP contribution is -2.25. The molecule has 7 nitrogen and oxygen atoms in total. The van der Waals surface area contributed by atoms with E-state index in [1.54, 1.807) is 53.9 Å². The van der Waals surface area contributed by atoms with Gasteiger partial charge in [-0.25, -0.2) is 0 Å². The zero-order chi connectivity index (χ0) is 20.4. The molecule has 0 spiro atoms. The average Bonchev–Trinajstić information content (AvgIpc) is 3.17. The third-order valence-corrected chi connectivity index (χ3v) is 6.04. The van der Waals surface area contributed by atoms with Crippen LogP contribution in [-0.2, 0) is 13.1 Å². The van der Waals surface area contributed by atoms with Crippen molar-refractivity contribution in [1.82, 2.24) is 14.7 Å². The van der Waals surface area contributed by atoms with Crippen LogP contribution >= 0.6 is 27.3 Å². The summed E-state index contributed by atoms with van der Waals surface area (Å²) < 4.78 is 2.66. The van der Waals surface area contributed by atoms with E-state index < -0.39 is 4.92 Å². The summed E-state index contributed by atoms with van der Waals surface area (Å²) in [5, 5.41) is 15.4. The van der Waals surface area contributed by atoms with Gasteiger partial charge in [0, 0.05) is 17.5 Å². The second kappa shape index (κ2) is 8.24. The highest BCUT2D eigenvalue weighted by atomic mass is 79.9. The molecule has 1 amide bonds. The van der Waals surface area contributed by atoms with Crippen molar-refractivity contribution in [2.24, 2.45) is 0 Å². The third kappa shape index (κ3) is 4.31. The van der Waals surface area contributed by atoms with E-state index in [-0.39, 0.29) is 11.6 Å². The number of benzene rings is 1. The maximum atomic E-state index is 12.6. The molecule has 9 heteroatoms. The Labute approximate surface area is 174 Å². The van der Waals surface area contributed by atoms with E-state index in [0.29, 0.717) is 30.0 Å². The Kier molecular flexibility index (Phi) is 5.95. The van der Waals surface area contributed by atoms with Gasteiger partial charge in [-0.15, -0.1) is 11.3 Å². The van der Waals surface area contributed by atoms with Gasteiger partial charge in [-0.3, -0.25) is 19.6 Å². The van der Waals surface area contributed by atoms with Crippen LogP contribution in [0.5, 0.6) is 0 Å². The summed E-state index contributed by atoms with van der Waals surface area (Å²) in [4.78, 5) is 26.1. The van der Waals surface area contributed by atoms with Crippen molar-refractivity contribution in [2.75, 3.05) is 7.05 Å². The van der Waals surface area contributed by atoms with Gasteiger partial charge in [0.05, 0.1) is 21.8 Å². The van der Waals surface area contributed by atoms with Crippen molar-refractivity contribution in [2.45, 2.75) is 26.9 Å². The number of hydrogen-bond donors (Lipinski definition) is 0. The molecular weight excluding hydrogens is 444 g/mol. The van der Waals surface area contributed by atoms with Crippen LogP contribution in [0.25, 0.3) is 0 Å². The van der Waals surface area contributed by atoms with Gasteiger partial charge in [0.2, 0.25) is 0 Å². The number of thiophene rings is 1. The van der Waals surface area contributed by atoms with Crippen LogP contribution in [0.1, 0.15) is 32.2 Å². The fourth-order valence-corrected chi connectivity index (χ4v) is 4.53. The molecule has 1 aromatic carbocycles. The van der Waals surface area contributed by atoms with Gasteiger partial charge < -0.3 is 4.90 Å². The highest BCUT2D eigenvalue weighted by molar-refractivity contribution is 9.11. The molecule has 0 saturated heterocycles. The number of nitro groups is 1. The zero-order valence-electron chi connectivity index (χ0n) is 15.7. The summed E-state index contributed by atoms with van der Waals surface area (Å²) in [6, 6.07) is 11.2. The molecule has 0 N–H and O–H groups in total. The first-order valence-electron chi connectivity index (χ1n) is 8.53. The van der Waals surface area contributed by atoms with E-state index in [1.807, 2.05) is 24.3 Å². The minimum Gasteiger partial charge on any atom is -0.337 e. The fourth-order valence-electron chi connectivity index (χ4n) is 2.99. The van der Waals surface area contributed by atoms with Crippen molar-refractivity contribution in [3.05, 3.63) is 77.7 Å². The van der Waals surface area contributed by atoms with E-state index in [2.05, 4.69) is 21.0 Å². The minimum atomic E-state index is -0.405. The molecule has 28 heavy (non-hydrogen) atoms. The first kappa shape index (κ1) is 20.2. The number of nitrogens with zero attached hydrogens (tertiary/aromatic N) is 4. The first-order valence-corrected chi connectivity index (χ1v) is 10.1. The molecule has 0 aliphatic rings. The van der Waals surface area contributed by atoms with Gasteiger partial charge in [-0.1, -0.05) is 12.1 Å². The summed E-state index contributed by atoms with van der Waals surface area (Å²) in [7, 11) is 1.78. The van der Waals surface area contributed by atoms with Crippen molar-refractivity contribution >= 4 is 38.9 Å². The molecule has 146 valence electrons. The van der Waals surface area contributed by atoms with E-state index in [0.717, 1.165) is 14.2 Å². The monoisotopic (exact) mass is 462 g/mol. The molecule has 2 aromatic heterocycles. The molecule has 0 unspecified atom stereocenters. The number of rotatable bonds is 6. The Morgan fingerprint density at radius 3 is 2.46 bits per heavy atom. The van der Waals surface area contributed by atoms with Crippen LogP contribution in [-0.4, -0.2) is 32.6 Å². The van der Waals surface area contributed by atoms with E-state index >= 15 is 0 Å². The standard InChI is InChI=1S/C19H19BrN4O3S/c1-12-18(24(26)27)13(2)23(21-12)10-14-4-6-15(7-5-14)19(25)22(3)11-16-8-9-17(20)28-16/h4-9H,10-11H2,1-3H3. The summed E-state index contributed by atoms with van der Waals surface area (Å²) in [5.74, 6) is -0.0576. The smallest absolute Gasteiger partial charge is 0.312 e. The van der Waals surface area contributed by atoms with Gasteiger partial charge in [0.25, 0.3) is 5.91 Å². The van der Waals surface area contributed by atoms with Crippen molar-refractivity contribution < 1.29 is 9.72 Å². The number of aryl methyl sites for hydroxylation is 1.